The van der Waals surface area contributed by atoms with Gasteiger partial charge >= 0.3 is 12.1 Å². The molecule has 0 aromatic heterocycles. The number of aliphatic carboxylic acids is 1. The lowest BCUT2D eigenvalue weighted by atomic mass is 9.84. The lowest BCUT2D eigenvalue weighted by Gasteiger charge is -2.22. The Labute approximate surface area is 170 Å². The molecule has 7 heteroatoms. The number of carboxylic acids is 1. The number of rotatable bonds is 9. The Kier molecular flexibility index (Phi) is 7.75. The maximum atomic E-state index is 11.7. The highest BCUT2D eigenvalue weighted by Crippen LogP contribution is 2.26. The first-order chi connectivity index (χ1) is 13.7. The Bertz CT molecular complexity index is 804. The van der Waals surface area contributed by atoms with Crippen LogP contribution in [0.5, 0.6) is 0 Å². The second kappa shape index (κ2) is 10.0. The van der Waals surface area contributed by atoms with E-state index in [4.69, 9.17) is 4.74 Å². The first-order valence-electron chi connectivity index (χ1n) is 9.36. The van der Waals surface area contributed by atoms with Crippen molar-refractivity contribution < 1.29 is 29.6 Å². The number of nitrogens with one attached hydrogen (secondary N) is 1. The molecule has 0 radical (unpaired) electrons. The van der Waals surface area contributed by atoms with Gasteiger partial charge in [-0.05, 0) is 37.0 Å². The van der Waals surface area contributed by atoms with E-state index in [1.807, 2.05) is 30.3 Å². The zero-order valence-electron chi connectivity index (χ0n) is 16.5. The Morgan fingerprint density at radius 2 is 1.66 bits per heavy atom. The number of benzene rings is 2. The van der Waals surface area contributed by atoms with E-state index in [1.165, 1.54) is 0 Å². The lowest BCUT2D eigenvalue weighted by Crippen LogP contribution is -2.30. The number of alkyl carbamates (subject to hydrolysis) is 1. The number of carbonyl (C=O) groups excluding carboxylic acids is 1. The molecule has 0 heterocycles. The molecule has 2 unspecified atom stereocenters. The maximum Gasteiger partial charge on any atom is 0.407 e. The molecule has 156 valence electrons. The van der Waals surface area contributed by atoms with Crippen LogP contribution in [0.2, 0.25) is 0 Å². The molecule has 0 aliphatic rings. The minimum Gasteiger partial charge on any atom is -0.481 e. The van der Waals surface area contributed by atoms with Gasteiger partial charge in [-0.2, -0.15) is 0 Å². The normalized spacial score (nSPS) is 13.4. The Morgan fingerprint density at radius 1 is 1.03 bits per heavy atom. The van der Waals surface area contributed by atoms with Crippen molar-refractivity contribution in [2.24, 2.45) is 0 Å². The molecule has 29 heavy (non-hydrogen) atoms. The predicted molar refractivity (Wildman–Crippen MR) is 107 cm³/mol. The van der Waals surface area contributed by atoms with Crippen molar-refractivity contribution in [1.29, 1.82) is 0 Å². The highest BCUT2D eigenvalue weighted by molar-refractivity contribution is 5.80. The van der Waals surface area contributed by atoms with Crippen molar-refractivity contribution in [3.05, 3.63) is 71.3 Å². The standard InChI is InChI=1S/C22H27NO6/c1-22(2,20(26)27)17-10-8-16(9-11-17)19(25)18(24)12-13-23-21(28)29-14-15-6-4-3-5-7-15/h3-11,18-19,24-25H,12-14H2,1-2H3,(H,23,28)(H,26,27). The molecule has 0 aliphatic carbocycles. The first-order valence-corrected chi connectivity index (χ1v) is 9.36. The van der Waals surface area contributed by atoms with Crippen molar-refractivity contribution in [3.8, 4) is 0 Å². The van der Waals surface area contributed by atoms with Gasteiger partial charge in [0.15, 0.2) is 0 Å². The molecule has 0 fully saturated rings. The van der Waals surface area contributed by atoms with Gasteiger partial charge in [0.2, 0.25) is 0 Å². The number of amides is 1. The van der Waals surface area contributed by atoms with Crippen molar-refractivity contribution in [2.75, 3.05) is 6.54 Å². The summed E-state index contributed by atoms with van der Waals surface area (Å²) in [4.78, 5) is 23.0. The number of hydrogen-bond acceptors (Lipinski definition) is 5. The highest BCUT2D eigenvalue weighted by Gasteiger charge is 2.29. The summed E-state index contributed by atoms with van der Waals surface area (Å²) in [6.07, 6.45) is -2.72. The minimum absolute atomic E-state index is 0.129. The van der Waals surface area contributed by atoms with Crippen LogP contribution in [0.3, 0.4) is 0 Å². The number of aliphatic hydroxyl groups excluding tert-OH is 2. The fraction of sp³-hybridized carbons (Fsp3) is 0.364. The molecule has 0 saturated heterocycles. The van der Waals surface area contributed by atoms with Crippen LogP contribution in [-0.2, 0) is 21.6 Å². The van der Waals surface area contributed by atoms with Crippen molar-refractivity contribution in [3.63, 3.8) is 0 Å². The number of hydrogen-bond donors (Lipinski definition) is 4. The van der Waals surface area contributed by atoms with E-state index in [0.717, 1.165) is 5.56 Å². The molecule has 7 nitrogen and oxygen atoms in total. The second-order valence-electron chi connectivity index (χ2n) is 7.34. The van der Waals surface area contributed by atoms with Crippen LogP contribution in [0.1, 0.15) is 43.1 Å². The number of ether oxygens (including phenoxy) is 1. The molecule has 0 aliphatic heterocycles. The molecule has 2 rings (SSSR count). The Hall–Kier alpha value is -2.90. The van der Waals surface area contributed by atoms with Gasteiger partial charge < -0.3 is 25.4 Å². The third kappa shape index (κ3) is 6.30. The van der Waals surface area contributed by atoms with Gasteiger partial charge in [-0.15, -0.1) is 0 Å². The van der Waals surface area contributed by atoms with Gasteiger partial charge in [0.05, 0.1) is 11.5 Å². The smallest absolute Gasteiger partial charge is 0.407 e. The monoisotopic (exact) mass is 401 g/mol. The summed E-state index contributed by atoms with van der Waals surface area (Å²) in [6.45, 7) is 3.48. The molecule has 0 spiro atoms. The number of aliphatic hydroxyl groups is 2. The molecule has 4 N–H and O–H groups in total. The van der Waals surface area contributed by atoms with E-state index in [9.17, 15) is 24.9 Å². The van der Waals surface area contributed by atoms with E-state index in [-0.39, 0.29) is 19.6 Å². The second-order valence-corrected chi connectivity index (χ2v) is 7.34. The summed E-state index contributed by atoms with van der Waals surface area (Å²) < 4.78 is 5.08. The van der Waals surface area contributed by atoms with Gasteiger partial charge in [-0.1, -0.05) is 54.6 Å². The SMILES string of the molecule is CC(C)(C(=O)O)c1ccc(C(O)C(O)CCNC(=O)OCc2ccccc2)cc1. The number of carbonyl (C=O) groups is 2. The highest BCUT2D eigenvalue weighted by atomic mass is 16.5. The Morgan fingerprint density at radius 3 is 2.24 bits per heavy atom. The van der Waals surface area contributed by atoms with E-state index in [1.54, 1.807) is 38.1 Å². The summed E-state index contributed by atoms with van der Waals surface area (Å²) in [5, 5.41) is 32.3. The van der Waals surface area contributed by atoms with Crippen LogP contribution in [0, 0.1) is 0 Å². The fourth-order valence-corrected chi connectivity index (χ4v) is 2.70. The Balaban J connectivity index is 1.79. The summed E-state index contributed by atoms with van der Waals surface area (Å²) in [6, 6.07) is 15.7. The van der Waals surface area contributed by atoms with Gasteiger partial charge in [0, 0.05) is 6.54 Å². The topological polar surface area (TPSA) is 116 Å². The summed E-state index contributed by atoms with van der Waals surface area (Å²) in [7, 11) is 0. The van der Waals surface area contributed by atoms with E-state index in [0.29, 0.717) is 11.1 Å². The zero-order valence-corrected chi connectivity index (χ0v) is 16.5. The molecule has 1 amide bonds. The average Bonchev–Trinajstić information content (AvgIpc) is 2.72. The van der Waals surface area contributed by atoms with Crippen LogP contribution in [0.25, 0.3) is 0 Å². The average molecular weight is 401 g/mol. The molecular formula is C22H27NO6. The third-order valence-electron chi connectivity index (χ3n) is 4.80. The summed E-state index contributed by atoms with van der Waals surface area (Å²) >= 11 is 0. The predicted octanol–water partition coefficient (Wildman–Crippen LogP) is 2.76. The fourth-order valence-electron chi connectivity index (χ4n) is 2.70. The van der Waals surface area contributed by atoms with Gasteiger partial charge in [0.25, 0.3) is 0 Å². The van der Waals surface area contributed by atoms with Gasteiger partial charge in [-0.3, -0.25) is 4.79 Å². The van der Waals surface area contributed by atoms with E-state index in [2.05, 4.69) is 5.32 Å². The van der Waals surface area contributed by atoms with Crippen molar-refractivity contribution in [1.82, 2.24) is 5.32 Å². The molecular weight excluding hydrogens is 374 g/mol. The summed E-state index contributed by atoms with van der Waals surface area (Å²) in [5.41, 5.74) is 0.881. The largest absolute Gasteiger partial charge is 0.481 e. The first kappa shape index (κ1) is 22.4. The molecule has 2 aromatic rings. The number of carboxylic acid groups (broad SMARTS) is 1. The van der Waals surface area contributed by atoms with E-state index >= 15 is 0 Å². The lowest BCUT2D eigenvalue weighted by molar-refractivity contribution is -0.142. The minimum atomic E-state index is -1.15. The van der Waals surface area contributed by atoms with E-state index < -0.39 is 29.7 Å². The van der Waals surface area contributed by atoms with Crippen LogP contribution < -0.4 is 5.32 Å². The third-order valence-corrected chi connectivity index (χ3v) is 4.80. The van der Waals surface area contributed by atoms with Gasteiger partial charge in [0.1, 0.15) is 12.7 Å². The maximum absolute atomic E-state index is 11.7. The van der Waals surface area contributed by atoms with Crippen LogP contribution >= 0.6 is 0 Å². The summed E-state index contributed by atoms with van der Waals surface area (Å²) in [5.74, 6) is -0.948. The zero-order chi connectivity index (χ0) is 21.4. The molecule has 0 bridgehead atoms. The van der Waals surface area contributed by atoms with Crippen LogP contribution in [-0.4, -0.2) is 40.0 Å². The molecule has 2 atom stereocenters. The molecule has 2 aromatic carbocycles. The quantitative estimate of drug-likeness (QED) is 0.513. The van der Waals surface area contributed by atoms with Crippen LogP contribution in [0.4, 0.5) is 4.79 Å². The van der Waals surface area contributed by atoms with Gasteiger partial charge in [-0.25, -0.2) is 4.79 Å². The van der Waals surface area contributed by atoms with Crippen molar-refractivity contribution >= 4 is 12.1 Å². The molecule has 0 saturated carbocycles. The van der Waals surface area contributed by atoms with Crippen LogP contribution in [0.15, 0.2) is 54.6 Å². The van der Waals surface area contributed by atoms with Crippen molar-refractivity contribution in [2.45, 2.75) is 44.5 Å².